The van der Waals surface area contributed by atoms with Crippen LogP contribution in [0.1, 0.15) is 26.3 Å². The van der Waals surface area contributed by atoms with Crippen LogP contribution in [0.3, 0.4) is 0 Å². The molecule has 0 N–H and O–H groups in total. The Hall–Kier alpha value is -2.90. The molecule has 0 radical (unpaired) electrons. The van der Waals surface area contributed by atoms with E-state index in [0.29, 0.717) is 11.3 Å². The van der Waals surface area contributed by atoms with Gasteiger partial charge in [-0.15, -0.1) is 0 Å². The van der Waals surface area contributed by atoms with Crippen LogP contribution in [0.15, 0.2) is 28.8 Å². The van der Waals surface area contributed by atoms with Gasteiger partial charge in [0.1, 0.15) is 11.3 Å². The molecule has 0 fully saturated rings. The lowest BCUT2D eigenvalue weighted by Gasteiger charge is -2.22. The van der Waals surface area contributed by atoms with E-state index in [1.165, 1.54) is 30.1 Å². The van der Waals surface area contributed by atoms with Crippen molar-refractivity contribution in [3.8, 4) is 11.3 Å². The number of nitro benzene ring substituents is 1. The lowest BCUT2D eigenvalue weighted by molar-refractivity contribution is -0.384. The number of aromatic nitrogens is 1. The van der Waals surface area contributed by atoms with Gasteiger partial charge in [-0.3, -0.25) is 10.1 Å². The van der Waals surface area contributed by atoms with Crippen LogP contribution in [-0.4, -0.2) is 28.8 Å². The third-order valence-electron chi connectivity index (χ3n) is 3.20. The number of aryl methyl sites for hydroxylation is 1. The van der Waals surface area contributed by atoms with E-state index >= 15 is 0 Å². The zero-order valence-corrected chi connectivity index (χ0v) is 14.2. The van der Waals surface area contributed by atoms with Crippen molar-refractivity contribution in [3.63, 3.8) is 0 Å². The number of nitro groups is 1. The van der Waals surface area contributed by atoms with Gasteiger partial charge >= 0.3 is 6.09 Å². The van der Waals surface area contributed by atoms with E-state index in [9.17, 15) is 14.9 Å². The average Bonchev–Trinajstić information content (AvgIpc) is 2.94. The standard InChI is InChI=1S/C16H19N3O5/c1-10-6-7-11(19(21)22)8-12(10)13-9-14(24-17-13)18(5)15(20)23-16(2,3)4/h6-9H,1-5H3. The molecule has 0 aliphatic carbocycles. The summed E-state index contributed by atoms with van der Waals surface area (Å²) < 4.78 is 10.4. The van der Waals surface area contributed by atoms with Crippen molar-refractivity contribution in [1.29, 1.82) is 0 Å². The number of non-ortho nitro benzene ring substituents is 1. The predicted octanol–water partition coefficient (Wildman–Crippen LogP) is 3.93. The Balaban J connectivity index is 2.29. The number of hydrogen-bond acceptors (Lipinski definition) is 6. The van der Waals surface area contributed by atoms with E-state index in [1.807, 2.05) is 6.92 Å². The van der Waals surface area contributed by atoms with Gasteiger partial charge in [0.15, 0.2) is 0 Å². The van der Waals surface area contributed by atoms with Crippen molar-refractivity contribution in [1.82, 2.24) is 5.16 Å². The Morgan fingerprint density at radius 1 is 1.33 bits per heavy atom. The molecule has 24 heavy (non-hydrogen) atoms. The van der Waals surface area contributed by atoms with Crippen LogP contribution in [0.5, 0.6) is 0 Å². The Morgan fingerprint density at radius 3 is 2.58 bits per heavy atom. The molecule has 128 valence electrons. The number of hydrogen-bond donors (Lipinski definition) is 0. The molecule has 1 heterocycles. The number of ether oxygens (including phenoxy) is 1. The first kappa shape index (κ1) is 17.5. The summed E-state index contributed by atoms with van der Waals surface area (Å²) in [5.74, 6) is 0.185. The van der Waals surface area contributed by atoms with Crippen molar-refractivity contribution < 1.29 is 19.0 Å². The molecular formula is C16H19N3O5. The summed E-state index contributed by atoms with van der Waals surface area (Å²) in [6.07, 6.45) is -0.582. The molecule has 8 nitrogen and oxygen atoms in total. The molecule has 0 atom stereocenters. The maximum Gasteiger partial charge on any atom is 0.416 e. The molecule has 0 saturated heterocycles. The maximum absolute atomic E-state index is 12.0. The first-order valence-corrected chi connectivity index (χ1v) is 7.27. The lowest BCUT2D eigenvalue weighted by Crippen LogP contribution is -2.33. The average molecular weight is 333 g/mol. The van der Waals surface area contributed by atoms with Gasteiger partial charge in [0.05, 0.1) is 4.92 Å². The van der Waals surface area contributed by atoms with Crippen molar-refractivity contribution in [2.24, 2.45) is 0 Å². The number of carbonyl (C=O) groups excluding carboxylic acids is 1. The van der Waals surface area contributed by atoms with Crippen LogP contribution in [0.2, 0.25) is 0 Å². The van der Waals surface area contributed by atoms with Crippen LogP contribution in [-0.2, 0) is 4.74 Å². The van der Waals surface area contributed by atoms with Gasteiger partial charge in [-0.2, -0.15) is 0 Å². The topological polar surface area (TPSA) is 98.7 Å². The molecule has 1 amide bonds. The highest BCUT2D eigenvalue weighted by atomic mass is 16.6. The number of rotatable bonds is 3. The predicted molar refractivity (Wildman–Crippen MR) is 88.0 cm³/mol. The van der Waals surface area contributed by atoms with Crippen LogP contribution < -0.4 is 4.90 Å². The molecule has 1 aromatic heterocycles. The number of anilines is 1. The zero-order valence-electron chi connectivity index (χ0n) is 14.2. The van der Waals surface area contributed by atoms with Gasteiger partial charge in [-0.05, 0) is 33.3 Å². The van der Waals surface area contributed by atoms with Gasteiger partial charge < -0.3 is 9.26 Å². The van der Waals surface area contributed by atoms with Gasteiger partial charge in [-0.1, -0.05) is 11.2 Å². The minimum Gasteiger partial charge on any atom is -0.443 e. The summed E-state index contributed by atoms with van der Waals surface area (Å²) in [4.78, 5) is 23.7. The number of benzene rings is 1. The molecule has 0 aliphatic rings. The van der Waals surface area contributed by atoms with Crippen molar-refractivity contribution in [2.75, 3.05) is 11.9 Å². The van der Waals surface area contributed by atoms with Gasteiger partial charge in [0.25, 0.3) is 5.69 Å². The largest absolute Gasteiger partial charge is 0.443 e. The van der Waals surface area contributed by atoms with Crippen molar-refractivity contribution in [3.05, 3.63) is 39.9 Å². The summed E-state index contributed by atoms with van der Waals surface area (Å²) in [5, 5.41) is 14.8. The summed E-state index contributed by atoms with van der Waals surface area (Å²) in [6.45, 7) is 7.09. The second-order valence-electron chi connectivity index (χ2n) is 6.35. The number of nitrogens with zero attached hydrogens (tertiary/aromatic N) is 3. The zero-order chi connectivity index (χ0) is 18.1. The smallest absolute Gasteiger partial charge is 0.416 e. The van der Waals surface area contributed by atoms with Crippen molar-refractivity contribution >= 4 is 17.7 Å². The van der Waals surface area contributed by atoms with Crippen LogP contribution in [0.4, 0.5) is 16.4 Å². The van der Waals surface area contributed by atoms with Crippen molar-refractivity contribution in [2.45, 2.75) is 33.3 Å². The highest BCUT2D eigenvalue weighted by molar-refractivity contribution is 5.86. The van der Waals surface area contributed by atoms with Gasteiger partial charge in [0.2, 0.25) is 5.88 Å². The van der Waals surface area contributed by atoms with Crippen LogP contribution in [0, 0.1) is 17.0 Å². The summed E-state index contributed by atoms with van der Waals surface area (Å²) in [7, 11) is 1.50. The fourth-order valence-electron chi connectivity index (χ4n) is 1.97. The highest BCUT2D eigenvalue weighted by Crippen LogP contribution is 2.29. The van der Waals surface area contributed by atoms with E-state index in [2.05, 4.69) is 5.16 Å². The first-order valence-electron chi connectivity index (χ1n) is 7.27. The molecule has 0 spiro atoms. The maximum atomic E-state index is 12.0. The molecule has 1 aromatic carbocycles. The van der Waals surface area contributed by atoms with E-state index in [4.69, 9.17) is 9.26 Å². The monoisotopic (exact) mass is 333 g/mol. The lowest BCUT2D eigenvalue weighted by atomic mass is 10.1. The van der Waals surface area contributed by atoms with E-state index in [1.54, 1.807) is 26.8 Å². The second-order valence-corrected chi connectivity index (χ2v) is 6.35. The Bertz CT molecular complexity index is 776. The summed E-state index contributed by atoms with van der Waals surface area (Å²) >= 11 is 0. The van der Waals surface area contributed by atoms with E-state index in [-0.39, 0.29) is 11.6 Å². The quantitative estimate of drug-likeness (QED) is 0.623. The highest BCUT2D eigenvalue weighted by Gasteiger charge is 2.24. The number of amides is 1. The second kappa shape index (κ2) is 6.31. The molecule has 0 bridgehead atoms. The molecule has 2 aromatic rings. The third kappa shape index (κ3) is 3.89. The molecule has 8 heteroatoms. The normalized spacial score (nSPS) is 11.2. The molecule has 0 saturated carbocycles. The minimum absolute atomic E-state index is 0.0411. The summed E-state index contributed by atoms with van der Waals surface area (Å²) in [5.41, 5.74) is 1.10. The SMILES string of the molecule is Cc1ccc([N+](=O)[O-])cc1-c1cc(N(C)C(=O)OC(C)(C)C)on1. The molecule has 0 unspecified atom stereocenters. The van der Waals surface area contributed by atoms with E-state index < -0.39 is 16.6 Å². The fraction of sp³-hybridized carbons (Fsp3) is 0.375. The van der Waals surface area contributed by atoms with Crippen LogP contribution >= 0.6 is 0 Å². The van der Waals surface area contributed by atoms with Gasteiger partial charge in [-0.25, -0.2) is 9.69 Å². The Labute approximate surface area is 139 Å². The molecule has 0 aliphatic heterocycles. The Morgan fingerprint density at radius 2 is 2.00 bits per heavy atom. The van der Waals surface area contributed by atoms with Crippen LogP contribution in [0.25, 0.3) is 11.3 Å². The minimum atomic E-state index is -0.634. The summed E-state index contributed by atoms with van der Waals surface area (Å²) in [6, 6.07) is 6.02. The number of carbonyl (C=O) groups is 1. The molecule has 2 rings (SSSR count). The van der Waals surface area contributed by atoms with E-state index in [0.717, 1.165) is 5.56 Å². The molecular weight excluding hydrogens is 314 g/mol. The van der Waals surface area contributed by atoms with Gasteiger partial charge in [0, 0.05) is 30.8 Å². The first-order chi connectivity index (χ1) is 11.1. The third-order valence-corrected chi connectivity index (χ3v) is 3.20. The Kier molecular flexibility index (Phi) is 4.59. The fourth-order valence-corrected chi connectivity index (χ4v) is 1.97.